The molecule has 4 rings (SSSR count). The number of ether oxygens (including phenoxy) is 2. The monoisotopic (exact) mass is 392 g/mol. The van der Waals surface area contributed by atoms with Gasteiger partial charge < -0.3 is 19.2 Å². The van der Waals surface area contributed by atoms with Crippen molar-refractivity contribution in [1.29, 1.82) is 0 Å². The summed E-state index contributed by atoms with van der Waals surface area (Å²) in [5.41, 5.74) is 1.74. The number of amides is 1. The number of carbonyl (C=O) groups is 1. The molecule has 1 saturated carbocycles. The summed E-state index contributed by atoms with van der Waals surface area (Å²) in [6, 6.07) is 14.9. The lowest BCUT2D eigenvalue weighted by molar-refractivity contribution is 0.0934. The van der Waals surface area contributed by atoms with E-state index < -0.39 is 0 Å². The Kier molecular flexibility index (Phi) is 5.51. The number of methoxy groups -OCH3 is 2. The number of benzene rings is 2. The zero-order valence-electron chi connectivity index (χ0n) is 16.6. The first-order valence-electron chi connectivity index (χ1n) is 9.79. The van der Waals surface area contributed by atoms with Gasteiger partial charge >= 0.3 is 0 Å². The topological polar surface area (TPSA) is 73.1 Å². The van der Waals surface area contributed by atoms with Crippen LogP contribution < -0.4 is 20.3 Å². The molecule has 1 fully saturated rings. The van der Waals surface area contributed by atoms with Crippen LogP contribution in [0.4, 0.5) is 5.69 Å². The normalized spacial score (nSPS) is 14.9. The van der Waals surface area contributed by atoms with Crippen LogP contribution in [0.1, 0.15) is 36.0 Å². The van der Waals surface area contributed by atoms with Crippen LogP contribution in [-0.2, 0) is 0 Å². The van der Waals surface area contributed by atoms with E-state index >= 15 is 0 Å². The van der Waals surface area contributed by atoms with E-state index in [0.29, 0.717) is 28.3 Å². The van der Waals surface area contributed by atoms with Crippen LogP contribution in [0.5, 0.6) is 11.5 Å². The smallest absolute Gasteiger partial charge is 0.257 e. The fourth-order valence-corrected chi connectivity index (χ4v) is 3.70. The molecule has 1 amide bonds. The molecule has 29 heavy (non-hydrogen) atoms. The van der Waals surface area contributed by atoms with E-state index in [2.05, 4.69) is 10.3 Å². The Labute approximate surface area is 169 Å². The summed E-state index contributed by atoms with van der Waals surface area (Å²) >= 11 is 0. The first kappa shape index (κ1) is 19.1. The van der Waals surface area contributed by atoms with E-state index in [0.717, 1.165) is 31.1 Å². The first-order valence-corrected chi connectivity index (χ1v) is 9.79. The third-order valence-electron chi connectivity index (χ3n) is 5.20. The predicted octanol–water partition coefficient (Wildman–Crippen LogP) is 4.35. The maximum absolute atomic E-state index is 13.1. The molecule has 0 spiro atoms. The van der Waals surface area contributed by atoms with Crippen molar-refractivity contribution < 1.29 is 18.7 Å². The first-order chi connectivity index (χ1) is 14.2. The maximum Gasteiger partial charge on any atom is 0.257 e. The Morgan fingerprint density at radius 3 is 2.52 bits per heavy atom. The van der Waals surface area contributed by atoms with Gasteiger partial charge in [-0.2, -0.15) is 0 Å². The molecule has 2 aromatic carbocycles. The van der Waals surface area contributed by atoms with Gasteiger partial charge in [-0.25, -0.2) is 4.99 Å². The quantitative estimate of drug-likeness (QED) is 0.700. The highest BCUT2D eigenvalue weighted by atomic mass is 16.5. The molecule has 0 bridgehead atoms. The van der Waals surface area contributed by atoms with Crippen molar-refractivity contribution in [2.75, 3.05) is 14.2 Å². The SMILES string of the molecule is COc1ccccc1N=c1oc2c(OC)cccc2cc1C(=O)NC1CCCC1. The van der Waals surface area contributed by atoms with Gasteiger partial charge in [0.15, 0.2) is 11.3 Å². The zero-order chi connectivity index (χ0) is 20.2. The molecule has 0 aliphatic heterocycles. The molecule has 0 radical (unpaired) electrons. The van der Waals surface area contributed by atoms with Crippen LogP contribution in [0.3, 0.4) is 0 Å². The molecule has 3 aromatic rings. The number of nitrogens with zero attached hydrogens (tertiary/aromatic N) is 1. The molecule has 6 heteroatoms. The molecule has 1 aliphatic carbocycles. The average Bonchev–Trinajstić information content (AvgIpc) is 3.26. The Morgan fingerprint density at radius 1 is 1.03 bits per heavy atom. The minimum atomic E-state index is -0.181. The van der Waals surface area contributed by atoms with Gasteiger partial charge in [-0.1, -0.05) is 37.1 Å². The molecule has 0 atom stereocenters. The molecule has 6 nitrogen and oxygen atoms in total. The summed E-state index contributed by atoms with van der Waals surface area (Å²) < 4.78 is 16.9. The van der Waals surface area contributed by atoms with Gasteiger partial charge in [-0.15, -0.1) is 0 Å². The van der Waals surface area contributed by atoms with Gasteiger partial charge in [-0.3, -0.25) is 4.79 Å². The molecule has 1 aromatic heterocycles. The fraction of sp³-hybridized carbons (Fsp3) is 0.304. The maximum atomic E-state index is 13.1. The number of para-hydroxylation sites is 3. The third-order valence-corrected chi connectivity index (χ3v) is 5.20. The average molecular weight is 392 g/mol. The summed E-state index contributed by atoms with van der Waals surface area (Å²) in [6.07, 6.45) is 4.29. The molecular formula is C23H24N2O4. The van der Waals surface area contributed by atoms with Crippen molar-refractivity contribution in [1.82, 2.24) is 5.32 Å². The van der Waals surface area contributed by atoms with E-state index in [4.69, 9.17) is 13.9 Å². The highest BCUT2D eigenvalue weighted by molar-refractivity contribution is 5.97. The van der Waals surface area contributed by atoms with Crippen molar-refractivity contribution in [2.24, 2.45) is 4.99 Å². The van der Waals surface area contributed by atoms with E-state index in [1.165, 1.54) is 0 Å². The van der Waals surface area contributed by atoms with Crippen LogP contribution in [0.15, 0.2) is 57.9 Å². The van der Waals surface area contributed by atoms with Crippen LogP contribution in [0, 0.1) is 0 Å². The second kappa shape index (κ2) is 8.39. The van der Waals surface area contributed by atoms with Crippen LogP contribution in [0.2, 0.25) is 0 Å². The van der Waals surface area contributed by atoms with Gasteiger partial charge in [0, 0.05) is 11.4 Å². The van der Waals surface area contributed by atoms with Crippen molar-refractivity contribution in [3.05, 3.63) is 59.6 Å². The lowest BCUT2D eigenvalue weighted by Gasteiger charge is -2.13. The minimum absolute atomic E-state index is 0.181. The summed E-state index contributed by atoms with van der Waals surface area (Å²) in [5.74, 6) is 1.01. The Hall–Kier alpha value is -3.28. The molecule has 1 heterocycles. The summed E-state index contributed by atoms with van der Waals surface area (Å²) in [6.45, 7) is 0. The number of carbonyl (C=O) groups excluding carboxylic acids is 1. The number of hydrogen-bond donors (Lipinski definition) is 1. The predicted molar refractivity (Wildman–Crippen MR) is 111 cm³/mol. The van der Waals surface area contributed by atoms with Crippen LogP contribution in [-0.4, -0.2) is 26.2 Å². The summed E-state index contributed by atoms with van der Waals surface area (Å²) in [5, 5.41) is 3.90. The van der Waals surface area contributed by atoms with Crippen molar-refractivity contribution in [2.45, 2.75) is 31.7 Å². The van der Waals surface area contributed by atoms with Gasteiger partial charge in [-0.05, 0) is 37.1 Å². The van der Waals surface area contributed by atoms with Gasteiger partial charge in [0.05, 0.1) is 14.2 Å². The van der Waals surface area contributed by atoms with Crippen LogP contribution >= 0.6 is 0 Å². The van der Waals surface area contributed by atoms with Gasteiger partial charge in [0.25, 0.3) is 5.91 Å². The summed E-state index contributed by atoms with van der Waals surface area (Å²) in [7, 11) is 3.17. The number of fused-ring (bicyclic) bond motifs is 1. The van der Waals surface area contributed by atoms with E-state index in [-0.39, 0.29) is 17.5 Å². The Balaban J connectivity index is 1.89. The van der Waals surface area contributed by atoms with Crippen molar-refractivity contribution in [3.8, 4) is 11.5 Å². The van der Waals surface area contributed by atoms with Crippen molar-refractivity contribution >= 4 is 22.6 Å². The van der Waals surface area contributed by atoms with Crippen LogP contribution in [0.25, 0.3) is 11.0 Å². The fourth-order valence-electron chi connectivity index (χ4n) is 3.70. The largest absolute Gasteiger partial charge is 0.494 e. The van der Waals surface area contributed by atoms with Gasteiger partial charge in [0.1, 0.15) is 17.0 Å². The lowest BCUT2D eigenvalue weighted by Crippen LogP contribution is -2.35. The zero-order valence-corrected chi connectivity index (χ0v) is 16.6. The second-order valence-corrected chi connectivity index (χ2v) is 7.08. The van der Waals surface area contributed by atoms with Crippen molar-refractivity contribution in [3.63, 3.8) is 0 Å². The molecule has 150 valence electrons. The third kappa shape index (κ3) is 3.97. The highest BCUT2D eigenvalue weighted by Gasteiger charge is 2.21. The molecule has 1 N–H and O–H groups in total. The number of nitrogens with one attached hydrogen (secondary N) is 1. The standard InChI is InChI=1S/C23H24N2O4/c1-27-19-12-6-5-11-18(19)25-23-17(22(26)24-16-9-3-4-10-16)14-15-8-7-13-20(28-2)21(15)29-23/h5-8,11-14,16H,3-4,9-10H2,1-2H3,(H,24,26). The Bertz CT molecular complexity index is 1100. The Morgan fingerprint density at radius 2 is 1.76 bits per heavy atom. The molecular weight excluding hydrogens is 368 g/mol. The molecule has 0 saturated heterocycles. The second-order valence-electron chi connectivity index (χ2n) is 7.08. The summed E-state index contributed by atoms with van der Waals surface area (Å²) in [4.78, 5) is 17.7. The van der Waals surface area contributed by atoms with E-state index in [9.17, 15) is 4.79 Å². The number of rotatable bonds is 5. The minimum Gasteiger partial charge on any atom is -0.494 e. The number of hydrogen-bond acceptors (Lipinski definition) is 5. The molecule has 1 aliphatic rings. The van der Waals surface area contributed by atoms with Gasteiger partial charge in [0.2, 0.25) is 5.55 Å². The van der Waals surface area contributed by atoms with E-state index in [1.54, 1.807) is 20.3 Å². The molecule has 0 unspecified atom stereocenters. The highest BCUT2D eigenvalue weighted by Crippen LogP contribution is 2.28. The lowest BCUT2D eigenvalue weighted by atomic mass is 10.1. The van der Waals surface area contributed by atoms with E-state index in [1.807, 2.05) is 42.5 Å².